The fourth-order valence-corrected chi connectivity index (χ4v) is 3.61. The number of hydrogen-bond acceptors (Lipinski definition) is 5. The fraction of sp³-hybridized carbons (Fsp3) is 0.148. The molecule has 6 aromatic rings. The van der Waals surface area contributed by atoms with Crippen LogP contribution in [-0.2, 0) is 45.7 Å². The molecule has 0 fully saturated rings. The SMILES string of the molecule is [Rh+3].[c-]1c(Cn2[c-]ccc2)cncc1Cn1cccn1.[c-]1c(Cn2cccn2)cncc1Cn1cccn1. The van der Waals surface area contributed by atoms with Crippen molar-refractivity contribution < 1.29 is 19.5 Å². The van der Waals surface area contributed by atoms with Gasteiger partial charge in [-0.3, -0.25) is 14.0 Å². The molecule has 10 heteroatoms. The molecule has 0 unspecified atom stereocenters. The van der Waals surface area contributed by atoms with E-state index >= 15 is 0 Å². The molecular weight excluding hydrogens is 553 g/mol. The van der Waals surface area contributed by atoms with Crippen molar-refractivity contribution in [3.05, 3.63) is 139 Å². The fourth-order valence-electron chi connectivity index (χ4n) is 3.61. The third-order valence-corrected chi connectivity index (χ3v) is 5.18. The summed E-state index contributed by atoms with van der Waals surface area (Å²) in [5.41, 5.74) is 4.11. The van der Waals surface area contributed by atoms with Crippen molar-refractivity contribution in [3.63, 3.8) is 0 Å². The summed E-state index contributed by atoms with van der Waals surface area (Å²) in [6.45, 7) is 2.82. The molecule has 0 aliphatic heterocycles. The van der Waals surface area contributed by atoms with Gasteiger partial charge in [0.25, 0.3) is 0 Å². The maximum absolute atomic E-state index is 4.25. The third-order valence-electron chi connectivity index (χ3n) is 5.18. The Bertz CT molecular complexity index is 1210. The minimum Gasteiger partial charge on any atom is -0.469 e. The van der Waals surface area contributed by atoms with Crippen molar-refractivity contribution in [1.29, 1.82) is 0 Å². The van der Waals surface area contributed by atoms with E-state index in [0.717, 1.165) is 28.8 Å². The van der Waals surface area contributed by atoms with E-state index < -0.39 is 0 Å². The van der Waals surface area contributed by atoms with E-state index in [9.17, 15) is 0 Å². The molecule has 0 aliphatic carbocycles. The van der Waals surface area contributed by atoms with Crippen molar-refractivity contribution in [2.24, 2.45) is 0 Å². The Kier molecular flexibility index (Phi) is 9.26. The summed E-state index contributed by atoms with van der Waals surface area (Å²) in [5, 5.41) is 12.5. The zero-order valence-electron chi connectivity index (χ0n) is 19.9. The molecule has 0 spiro atoms. The summed E-state index contributed by atoms with van der Waals surface area (Å²) in [4.78, 5) is 8.48. The normalized spacial score (nSPS) is 10.4. The monoisotopic (exact) mass is 577 g/mol. The first-order valence-electron chi connectivity index (χ1n) is 11.5. The van der Waals surface area contributed by atoms with Crippen molar-refractivity contribution in [1.82, 2.24) is 43.9 Å². The smallest absolute Gasteiger partial charge is 0.469 e. The number of aromatic nitrogens is 9. The van der Waals surface area contributed by atoms with Gasteiger partial charge in [-0.15, -0.1) is 34.6 Å². The molecule has 6 rings (SSSR count). The van der Waals surface area contributed by atoms with Gasteiger partial charge in [0.05, 0.1) is 0 Å². The Labute approximate surface area is 228 Å². The summed E-state index contributed by atoms with van der Waals surface area (Å²) in [5.74, 6) is 0. The van der Waals surface area contributed by atoms with Crippen LogP contribution in [0.4, 0.5) is 0 Å². The van der Waals surface area contributed by atoms with Gasteiger partial charge in [-0.1, -0.05) is 24.8 Å². The van der Waals surface area contributed by atoms with Crippen LogP contribution in [0, 0.1) is 18.3 Å². The number of rotatable bonds is 8. The van der Waals surface area contributed by atoms with Gasteiger partial charge < -0.3 is 14.5 Å². The predicted molar refractivity (Wildman–Crippen MR) is 133 cm³/mol. The van der Waals surface area contributed by atoms with E-state index in [1.54, 1.807) is 18.6 Å². The maximum Gasteiger partial charge on any atom is 3.00 e. The molecule has 186 valence electrons. The van der Waals surface area contributed by atoms with Crippen molar-refractivity contribution in [3.8, 4) is 0 Å². The predicted octanol–water partition coefficient (Wildman–Crippen LogP) is 3.15. The molecule has 0 saturated carbocycles. The van der Waals surface area contributed by atoms with Crippen LogP contribution < -0.4 is 0 Å². The molecule has 6 aromatic heterocycles. The van der Waals surface area contributed by atoms with Gasteiger partial charge in [-0.2, -0.15) is 39.6 Å². The van der Waals surface area contributed by atoms with E-state index in [4.69, 9.17) is 0 Å². The largest absolute Gasteiger partial charge is 3.00 e. The summed E-state index contributed by atoms with van der Waals surface area (Å²) >= 11 is 0. The van der Waals surface area contributed by atoms with Crippen LogP contribution in [-0.4, -0.2) is 43.9 Å². The average Bonchev–Trinajstić information content (AvgIpc) is 3.70. The first kappa shape index (κ1) is 25.9. The standard InChI is InChI=1S/C14H12N4.C13H12N5.Rh/c1-2-6-17(5-1)11-13-8-14(10-15-9-13)12-18-7-3-4-16-18;1-3-15-17(5-1)10-12-7-13(9-14-8-12)11-18-6-2-4-16-18;/h1-5,7,9-10H,11-12H2;1-6,8-9H,10-11H2;/q-2;-1;+3. The Hall–Kier alpha value is -4.17. The van der Waals surface area contributed by atoms with Gasteiger partial charge in [-0.25, -0.2) is 0 Å². The van der Waals surface area contributed by atoms with Crippen LogP contribution in [0.2, 0.25) is 0 Å². The minimum atomic E-state index is 0. The molecule has 9 nitrogen and oxygen atoms in total. The van der Waals surface area contributed by atoms with Gasteiger partial charge in [0.2, 0.25) is 0 Å². The third kappa shape index (κ3) is 7.91. The zero-order chi connectivity index (χ0) is 24.4. The van der Waals surface area contributed by atoms with Crippen LogP contribution in [0.5, 0.6) is 0 Å². The molecule has 37 heavy (non-hydrogen) atoms. The second-order valence-electron chi connectivity index (χ2n) is 8.04. The second kappa shape index (κ2) is 13.2. The molecular formula is C27H24N9Rh. The van der Waals surface area contributed by atoms with Crippen LogP contribution >= 0.6 is 0 Å². The Morgan fingerprint density at radius 3 is 1.32 bits per heavy atom. The number of hydrogen-bond donors (Lipinski definition) is 0. The van der Waals surface area contributed by atoms with Crippen LogP contribution in [0.1, 0.15) is 22.3 Å². The molecule has 0 aliphatic rings. The molecule has 0 saturated heterocycles. The van der Waals surface area contributed by atoms with Crippen molar-refractivity contribution >= 4 is 0 Å². The summed E-state index contributed by atoms with van der Waals surface area (Å²) in [7, 11) is 0. The van der Waals surface area contributed by atoms with Crippen LogP contribution in [0.3, 0.4) is 0 Å². The van der Waals surface area contributed by atoms with Gasteiger partial charge in [0.1, 0.15) is 0 Å². The van der Waals surface area contributed by atoms with Crippen LogP contribution in [0.15, 0.2) is 98.5 Å². The summed E-state index contributed by atoms with van der Waals surface area (Å²) in [6, 6.07) is 16.3. The number of pyridine rings is 2. The molecule has 0 radical (unpaired) electrons. The molecule has 6 heterocycles. The van der Waals surface area contributed by atoms with Gasteiger partial charge in [0, 0.05) is 63.4 Å². The molecule has 0 N–H and O–H groups in total. The Balaban J connectivity index is 0.000000168. The second-order valence-corrected chi connectivity index (χ2v) is 8.04. The molecule has 0 atom stereocenters. The van der Waals surface area contributed by atoms with Crippen molar-refractivity contribution in [2.75, 3.05) is 0 Å². The first-order valence-corrected chi connectivity index (χ1v) is 11.5. The van der Waals surface area contributed by atoms with E-state index in [-0.39, 0.29) is 19.5 Å². The maximum atomic E-state index is 4.25. The summed E-state index contributed by atoms with van der Waals surface area (Å²) in [6.07, 6.45) is 23.4. The molecule has 0 bridgehead atoms. The topological polar surface area (TPSA) is 84.2 Å². The van der Waals surface area contributed by atoms with Gasteiger partial charge in [-0.05, 0) is 18.2 Å². The Morgan fingerprint density at radius 2 is 0.973 bits per heavy atom. The van der Waals surface area contributed by atoms with Crippen molar-refractivity contribution in [2.45, 2.75) is 26.2 Å². The van der Waals surface area contributed by atoms with E-state index in [1.807, 2.05) is 98.5 Å². The number of nitrogens with zero attached hydrogens (tertiary/aromatic N) is 9. The van der Waals surface area contributed by atoms with Gasteiger partial charge >= 0.3 is 19.5 Å². The van der Waals surface area contributed by atoms with E-state index in [1.165, 1.54) is 0 Å². The molecule has 0 amide bonds. The minimum absolute atomic E-state index is 0. The Morgan fingerprint density at radius 1 is 0.541 bits per heavy atom. The van der Waals surface area contributed by atoms with E-state index in [2.05, 4.69) is 43.6 Å². The molecule has 0 aromatic carbocycles. The summed E-state index contributed by atoms with van der Waals surface area (Å²) < 4.78 is 7.54. The van der Waals surface area contributed by atoms with E-state index in [0.29, 0.717) is 19.6 Å². The zero-order valence-corrected chi connectivity index (χ0v) is 21.6. The quantitative estimate of drug-likeness (QED) is 0.205. The first-order chi connectivity index (χ1) is 17.8. The average molecular weight is 577 g/mol. The van der Waals surface area contributed by atoms with Gasteiger partial charge in [0.15, 0.2) is 0 Å². The van der Waals surface area contributed by atoms with Crippen LogP contribution in [0.25, 0.3) is 0 Å².